The van der Waals surface area contributed by atoms with Crippen LogP contribution in [0, 0.1) is 12.7 Å². The van der Waals surface area contributed by atoms with Gasteiger partial charge in [0.05, 0.1) is 20.3 Å². The molecule has 0 bridgehead atoms. The lowest BCUT2D eigenvalue weighted by Gasteiger charge is -2.37. The molecule has 3 rings (SSSR count). The van der Waals surface area contributed by atoms with Crippen LogP contribution in [-0.4, -0.2) is 68.1 Å². The van der Waals surface area contributed by atoms with Crippen LogP contribution >= 0.6 is 0 Å². The van der Waals surface area contributed by atoms with Crippen LogP contribution in [0.5, 0.6) is 11.5 Å². The van der Waals surface area contributed by atoms with Gasteiger partial charge in [-0.05, 0) is 49.7 Å². The number of ether oxygens (including phenoxy) is 2. The van der Waals surface area contributed by atoms with Gasteiger partial charge in [0.25, 0.3) is 5.91 Å². The maximum Gasteiger partial charge on any atom is 0.254 e. The number of aryl methyl sites for hydroxylation is 1. The predicted molar refractivity (Wildman–Crippen MR) is 116 cm³/mol. The fraction of sp³-hybridized carbons (Fsp3) is 0.391. The topological polar surface area (TPSA) is 71.1 Å². The number of carbonyl (C=O) groups is 2. The standard InChI is InChI=1S/C23H28FN3O4/c1-15-5-7-18(14-19(15)24)25-22(28)16(2)26-9-11-27(12-10-26)23(29)17-6-8-20(30-3)21(13-17)31-4/h5-8,13-14,16H,9-12H2,1-4H3,(H,25,28). The van der Waals surface area contributed by atoms with E-state index < -0.39 is 6.04 Å². The predicted octanol–water partition coefficient (Wildman–Crippen LogP) is 2.94. The van der Waals surface area contributed by atoms with E-state index >= 15 is 0 Å². The molecule has 2 aromatic carbocycles. The summed E-state index contributed by atoms with van der Waals surface area (Å²) in [6.45, 7) is 5.62. The number of nitrogens with zero attached hydrogens (tertiary/aromatic N) is 2. The van der Waals surface area contributed by atoms with Crippen LogP contribution in [0.3, 0.4) is 0 Å². The summed E-state index contributed by atoms with van der Waals surface area (Å²) in [5.41, 5.74) is 1.49. The minimum Gasteiger partial charge on any atom is -0.493 e. The fourth-order valence-electron chi connectivity index (χ4n) is 3.55. The Morgan fingerprint density at radius 3 is 2.29 bits per heavy atom. The van der Waals surface area contributed by atoms with Crippen molar-refractivity contribution < 1.29 is 23.5 Å². The van der Waals surface area contributed by atoms with Gasteiger partial charge in [-0.15, -0.1) is 0 Å². The number of amides is 2. The normalized spacial score (nSPS) is 15.3. The summed E-state index contributed by atoms with van der Waals surface area (Å²) >= 11 is 0. The Morgan fingerprint density at radius 2 is 1.68 bits per heavy atom. The Labute approximate surface area is 181 Å². The fourth-order valence-corrected chi connectivity index (χ4v) is 3.55. The quantitative estimate of drug-likeness (QED) is 0.765. The van der Waals surface area contributed by atoms with Crippen molar-refractivity contribution in [3.05, 3.63) is 53.3 Å². The van der Waals surface area contributed by atoms with Crippen molar-refractivity contribution in [2.45, 2.75) is 19.9 Å². The summed E-state index contributed by atoms with van der Waals surface area (Å²) in [4.78, 5) is 29.2. The molecule has 0 saturated carbocycles. The van der Waals surface area contributed by atoms with Gasteiger partial charge in [0.2, 0.25) is 5.91 Å². The van der Waals surface area contributed by atoms with Gasteiger partial charge in [-0.2, -0.15) is 0 Å². The summed E-state index contributed by atoms with van der Waals surface area (Å²) in [5.74, 6) is 0.422. The average Bonchev–Trinajstić information content (AvgIpc) is 2.80. The molecule has 1 aliphatic heterocycles. The summed E-state index contributed by atoms with van der Waals surface area (Å²) < 4.78 is 24.2. The lowest BCUT2D eigenvalue weighted by Crippen LogP contribution is -2.54. The molecule has 7 nitrogen and oxygen atoms in total. The highest BCUT2D eigenvalue weighted by atomic mass is 19.1. The van der Waals surface area contributed by atoms with E-state index in [1.807, 2.05) is 11.8 Å². The van der Waals surface area contributed by atoms with Gasteiger partial charge < -0.3 is 19.7 Å². The van der Waals surface area contributed by atoms with Crippen molar-refractivity contribution in [3.63, 3.8) is 0 Å². The number of carbonyl (C=O) groups excluding carboxylic acids is 2. The van der Waals surface area contributed by atoms with Gasteiger partial charge in [0.1, 0.15) is 5.82 Å². The number of hydrogen-bond donors (Lipinski definition) is 1. The molecule has 1 atom stereocenters. The molecule has 1 fully saturated rings. The highest BCUT2D eigenvalue weighted by molar-refractivity contribution is 5.95. The first kappa shape index (κ1) is 22.6. The van der Waals surface area contributed by atoms with Crippen LogP contribution in [0.2, 0.25) is 0 Å². The molecule has 8 heteroatoms. The lowest BCUT2D eigenvalue weighted by atomic mass is 10.1. The van der Waals surface area contributed by atoms with Crippen LogP contribution in [0.4, 0.5) is 10.1 Å². The number of benzene rings is 2. The summed E-state index contributed by atoms with van der Waals surface area (Å²) in [7, 11) is 3.08. The zero-order chi connectivity index (χ0) is 22.5. The van der Waals surface area contributed by atoms with Gasteiger partial charge in [-0.25, -0.2) is 4.39 Å². The molecule has 1 unspecified atom stereocenters. The Hall–Kier alpha value is -3.13. The van der Waals surface area contributed by atoms with Gasteiger partial charge in [0.15, 0.2) is 11.5 Å². The van der Waals surface area contributed by atoms with E-state index in [9.17, 15) is 14.0 Å². The van der Waals surface area contributed by atoms with Crippen LogP contribution in [0.25, 0.3) is 0 Å². The molecule has 0 aromatic heterocycles. The number of hydrogen-bond acceptors (Lipinski definition) is 5. The molecule has 1 saturated heterocycles. The molecule has 1 heterocycles. The van der Waals surface area contributed by atoms with E-state index in [1.165, 1.54) is 13.2 Å². The molecular formula is C23H28FN3O4. The zero-order valence-corrected chi connectivity index (χ0v) is 18.3. The second-order valence-electron chi connectivity index (χ2n) is 7.53. The SMILES string of the molecule is COc1ccc(C(=O)N2CCN(C(C)C(=O)Nc3ccc(C)c(F)c3)CC2)cc1OC. The molecule has 1 N–H and O–H groups in total. The smallest absolute Gasteiger partial charge is 0.254 e. The molecule has 0 aliphatic carbocycles. The second-order valence-corrected chi connectivity index (χ2v) is 7.53. The van der Waals surface area contributed by atoms with Crippen molar-refractivity contribution in [1.82, 2.24) is 9.80 Å². The maximum absolute atomic E-state index is 13.7. The molecular weight excluding hydrogens is 401 g/mol. The van der Waals surface area contributed by atoms with Crippen LogP contribution in [0.15, 0.2) is 36.4 Å². The Kier molecular flexibility index (Phi) is 7.12. The first-order valence-corrected chi connectivity index (χ1v) is 10.2. The summed E-state index contributed by atoms with van der Waals surface area (Å²) in [6, 6.07) is 9.33. The van der Waals surface area contributed by atoms with Crippen LogP contribution in [0.1, 0.15) is 22.8 Å². The third kappa shape index (κ3) is 5.14. The van der Waals surface area contributed by atoms with Crippen molar-refractivity contribution >= 4 is 17.5 Å². The summed E-state index contributed by atoms with van der Waals surface area (Å²) in [6.07, 6.45) is 0. The highest BCUT2D eigenvalue weighted by Gasteiger charge is 2.28. The van der Waals surface area contributed by atoms with Gasteiger partial charge >= 0.3 is 0 Å². The summed E-state index contributed by atoms with van der Waals surface area (Å²) in [5, 5.41) is 2.76. The molecule has 31 heavy (non-hydrogen) atoms. The van der Waals surface area contributed by atoms with E-state index in [-0.39, 0.29) is 17.6 Å². The van der Waals surface area contributed by atoms with E-state index in [0.29, 0.717) is 54.5 Å². The first-order valence-electron chi connectivity index (χ1n) is 10.2. The van der Waals surface area contributed by atoms with Gasteiger partial charge in [-0.1, -0.05) is 6.07 Å². The highest BCUT2D eigenvalue weighted by Crippen LogP contribution is 2.28. The zero-order valence-electron chi connectivity index (χ0n) is 18.3. The van der Waals surface area contributed by atoms with E-state index in [1.54, 1.807) is 49.3 Å². The molecule has 0 spiro atoms. The monoisotopic (exact) mass is 429 g/mol. The number of anilines is 1. The molecule has 166 valence electrons. The second kappa shape index (κ2) is 9.78. The average molecular weight is 429 g/mol. The number of rotatable bonds is 6. The third-order valence-electron chi connectivity index (χ3n) is 5.60. The van der Waals surface area contributed by atoms with Crippen molar-refractivity contribution in [2.24, 2.45) is 0 Å². The van der Waals surface area contributed by atoms with E-state index in [0.717, 1.165) is 0 Å². The number of methoxy groups -OCH3 is 2. The van der Waals surface area contributed by atoms with Crippen molar-refractivity contribution in [1.29, 1.82) is 0 Å². The Bertz CT molecular complexity index is 958. The molecule has 2 amide bonds. The molecule has 1 aliphatic rings. The largest absolute Gasteiger partial charge is 0.493 e. The van der Waals surface area contributed by atoms with Crippen molar-refractivity contribution in [2.75, 3.05) is 45.7 Å². The first-order chi connectivity index (χ1) is 14.8. The number of nitrogens with one attached hydrogen (secondary N) is 1. The molecule has 0 radical (unpaired) electrons. The molecule has 2 aromatic rings. The van der Waals surface area contributed by atoms with Crippen LogP contribution in [-0.2, 0) is 4.79 Å². The van der Waals surface area contributed by atoms with Crippen molar-refractivity contribution in [3.8, 4) is 11.5 Å². The lowest BCUT2D eigenvalue weighted by molar-refractivity contribution is -0.121. The number of halogens is 1. The Balaban J connectivity index is 1.57. The van der Waals surface area contributed by atoms with Gasteiger partial charge in [-0.3, -0.25) is 14.5 Å². The van der Waals surface area contributed by atoms with E-state index in [2.05, 4.69) is 5.32 Å². The Morgan fingerprint density at radius 1 is 1.00 bits per heavy atom. The van der Waals surface area contributed by atoms with Crippen LogP contribution < -0.4 is 14.8 Å². The maximum atomic E-state index is 13.7. The number of piperazine rings is 1. The van der Waals surface area contributed by atoms with Gasteiger partial charge in [0, 0.05) is 37.4 Å². The van der Waals surface area contributed by atoms with E-state index in [4.69, 9.17) is 9.47 Å². The third-order valence-corrected chi connectivity index (χ3v) is 5.60. The minimum atomic E-state index is -0.400. The minimum absolute atomic E-state index is 0.0900.